The third-order valence-corrected chi connectivity index (χ3v) is 1.83. The summed E-state index contributed by atoms with van der Waals surface area (Å²) in [5.41, 5.74) is -0.338. The van der Waals surface area contributed by atoms with Crippen LogP contribution in [0, 0.1) is 0 Å². The molecule has 5 heteroatoms. The minimum atomic E-state index is -1.22. The van der Waals surface area contributed by atoms with Crippen molar-refractivity contribution in [3.8, 4) is 0 Å². The molecule has 0 unspecified atom stereocenters. The van der Waals surface area contributed by atoms with Crippen LogP contribution in [-0.4, -0.2) is 22.2 Å². The van der Waals surface area contributed by atoms with Crippen molar-refractivity contribution in [3.05, 3.63) is 59.7 Å². The second-order valence-corrected chi connectivity index (χ2v) is 2.93. The Morgan fingerprint density at radius 2 is 1.71 bits per heavy atom. The van der Waals surface area contributed by atoms with Crippen LogP contribution in [0.15, 0.2) is 48.5 Å². The smallest absolute Gasteiger partial charge is 0.521 e. The zero-order valence-corrected chi connectivity index (χ0v) is 11.3. The Balaban J connectivity index is 0.000000360. The number of rotatable bonds is 2. The van der Waals surface area contributed by atoms with E-state index in [0.717, 1.165) is 0 Å². The molecule has 2 aromatic carbocycles. The van der Waals surface area contributed by atoms with Gasteiger partial charge in [0, 0.05) is 0 Å². The van der Waals surface area contributed by atoms with E-state index in [1.165, 1.54) is 18.2 Å². The van der Waals surface area contributed by atoms with Gasteiger partial charge in [0.15, 0.2) is 0 Å². The summed E-state index contributed by atoms with van der Waals surface area (Å²) in [4.78, 5) is 20.6. The van der Waals surface area contributed by atoms with Gasteiger partial charge in [0.05, 0.1) is 0 Å². The molecule has 0 saturated carbocycles. The van der Waals surface area contributed by atoms with Crippen LogP contribution in [0.5, 0.6) is 0 Å². The van der Waals surface area contributed by atoms with E-state index in [-0.39, 0.29) is 37.3 Å². The summed E-state index contributed by atoms with van der Waals surface area (Å²) in [6.45, 7) is 0. The summed E-state index contributed by atoms with van der Waals surface area (Å²) in [7, 11) is 0. The van der Waals surface area contributed by atoms with Crippen LogP contribution in [0.3, 0.4) is 0 Å². The quantitative estimate of drug-likeness (QED) is 0.834. The van der Waals surface area contributed by atoms with Crippen LogP contribution in [0.25, 0.3) is 0 Å². The van der Waals surface area contributed by atoms with Crippen molar-refractivity contribution in [2.24, 2.45) is 0 Å². The van der Waals surface area contributed by atoms with E-state index in [4.69, 9.17) is 10.2 Å². The zero-order valence-electron chi connectivity index (χ0n) is 8.83. The fourth-order valence-corrected chi connectivity index (χ4v) is 1.11. The molecule has 0 aromatic heterocycles. The molecule has 0 heterocycles. The molecule has 4 nitrogen and oxygen atoms in total. The Hall–Kier alpha value is -1.48. The molecule has 2 N–H and O–H groups in total. The van der Waals surface area contributed by atoms with Gasteiger partial charge in [0.1, 0.15) is 0 Å². The number of carboxylic acid groups (broad SMARTS) is 2. The van der Waals surface area contributed by atoms with Crippen LogP contribution in [0.1, 0.15) is 20.7 Å². The Kier molecular flexibility index (Phi) is 7.07. The SMILES string of the molecule is O=C(O)c1ccc[c-]1C(=O)O.[Zr+2].c1cc[cH-]c1. The molecule has 0 radical (unpaired) electrons. The van der Waals surface area contributed by atoms with Crippen molar-refractivity contribution in [3.63, 3.8) is 0 Å². The number of hydrogen-bond donors (Lipinski definition) is 2. The van der Waals surface area contributed by atoms with Crippen molar-refractivity contribution < 1.29 is 46.0 Å². The molecule has 2 aromatic rings. The van der Waals surface area contributed by atoms with Gasteiger partial charge in [-0.3, -0.25) is 4.79 Å². The van der Waals surface area contributed by atoms with Gasteiger partial charge < -0.3 is 15.0 Å². The summed E-state index contributed by atoms with van der Waals surface area (Å²) in [6.07, 6.45) is 0. The summed E-state index contributed by atoms with van der Waals surface area (Å²) in [6, 6.07) is 13.9. The molecule has 0 saturated heterocycles. The molecule has 0 aliphatic heterocycles. The molecule has 0 amide bonds. The largest absolute Gasteiger partial charge is 2.00 e. The van der Waals surface area contributed by atoms with Crippen molar-refractivity contribution in [2.75, 3.05) is 0 Å². The Morgan fingerprint density at radius 3 is 2.00 bits per heavy atom. The first-order chi connectivity index (χ1) is 7.63. The van der Waals surface area contributed by atoms with E-state index >= 15 is 0 Å². The summed E-state index contributed by atoms with van der Waals surface area (Å²) in [5.74, 6) is -2.43. The van der Waals surface area contributed by atoms with E-state index in [0.29, 0.717) is 0 Å². The van der Waals surface area contributed by atoms with Crippen LogP contribution in [0.2, 0.25) is 0 Å². The average molecular weight is 309 g/mol. The molecule has 0 aliphatic rings. The first-order valence-corrected chi connectivity index (χ1v) is 4.52. The maximum Gasteiger partial charge on any atom is 2.00 e. The van der Waals surface area contributed by atoms with Crippen molar-refractivity contribution in [1.29, 1.82) is 0 Å². The standard InChI is InChI=1S/C7H5O4.C5H5.Zr/c8-6(9)4-2-1-3-5(4)7(10)11;1-2-4-5-3-1;/h1-3H,(H,8,9)(H,10,11);1-5H;/q2*-1;+2. The van der Waals surface area contributed by atoms with Crippen molar-refractivity contribution in [1.82, 2.24) is 0 Å². The van der Waals surface area contributed by atoms with Crippen LogP contribution in [-0.2, 0) is 26.2 Å². The average Bonchev–Trinajstić information content (AvgIpc) is 2.92. The van der Waals surface area contributed by atoms with Gasteiger partial charge in [0.25, 0.3) is 5.97 Å². The number of carboxylic acids is 2. The second-order valence-electron chi connectivity index (χ2n) is 2.93. The fourth-order valence-electron chi connectivity index (χ4n) is 1.11. The van der Waals surface area contributed by atoms with Gasteiger partial charge in [-0.25, -0.2) is 12.1 Å². The van der Waals surface area contributed by atoms with Crippen LogP contribution >= 0.6 is 0 Å². The third kappa shape index (κ3) is 4.92. The fraction of sp³-hybridized carbons (Fsp3) is 0. The monoisotopic (exact) mass is 308 g/mol. The zero-order chi connectivity index (χ0) is 12.0. The Bertz CT molecular complexity index is 411. The summed E-state index contributed by atoms with van der Waals surface area (Å²) < 4.78 is 0. The van der Waals surface area contributed by atoms with Gasteiger partial charge in [-0.15, -0.1) is 6.07 Å². The number of carbonyl (C=O) groups is 2. The van der Waals surface area contributed by atoms with E-state index in [9.17, 15) is 9.59 Å². The maximum atomic E-state index is 10.3. The minimum Gasteiger partial charge on any atom is -0.521 e. The summed E-state index contributed by atoms with van der Waals surface area (Å²) in [5, 5.41) is 16.9. The molecule has 0 fully saturated rings. The molecular formula is C12H10O4Zr. The number of hydrogen-bond acceptors (Lipinski definition) is 2. The van der Waals surface area contributed by atoms with E-state index in [1.54, 1.807) is 0 Å². The third-order valence-electron chi connectivity index (χ3n) is 1.83. The van der Waals surface area contributed by atoms with Crippen LogP contribution < -0.4 is 0 Å². The first kappa shape index (κ1) is 15.5. The van der Waals surface area contributed by atoms with Gasteiger partial charge >= 0.3 is 26.2 Å². The van der Waals surface area contributed by atoms with E-state index < -0.39 is 11.9 Å². The molecule has 0 bridgehead atoms. The van der Waals surface area contributed by atoms with Gasteiger partial charge in [0.2, 0.25) is 5.97 Å². The van der Waals surface area contributed by atoms with E-state index in [1.807, 2.05) is 30.3 Å². The molecule has 17 heavy (non-hydrogen) atoms. The molecule has 86 valence electrons. The van der Waals surface area contributed by atoms with Crippen molar-refractivity contribution >= 4 is 11.9 Å². The number of aromatic carboxylic acids is 2. The van der Waals surface area contributed by atoms with Crippen LogP contribution in [0.4, 0.5) is 0 Å². The molecule has 0 spiro atoms. The van der Waals surface area contributed by atoms with Gasteiger partial charge in [-0.05, 0) is 5.56 Å². The first-order valence-electron chi connectivity index (χ1n) is 4.52. The summed E-state index contributed by atoms with van der Waals surface area (Å²) >= 11 is 0. The normalized spacial score (nSPS) is 8.47. The topological polar surface area (TPSA) is 74.6 Å². The second kappa shape index (κ2) is 7.74. The molecular weight excluding hydrogens is 299 g/mol. The van der Waals surface area contributed by atoms with Gasteiger partial charge in [-0.1, -0.05) is 5.56 Å². The minimum absolute atomic E-state index is 0. The molecule has 0 atom stereocenters. The Labute approximate surface area is 117 Å². The predicted molar refractivity (Wildman–Crippen MR) is 58.0 cm³/mol. The van der Waals surface area contributed by atoms with Gasteiger partial charge in [-0.2, -0.15) is 30.3 Å². The van der Waals surface area contributed by atoms with Crippen molar-refractivity contribution in [2.45, 2.75) is 0 Å². The molecule has 0 aliphatic carbocycles. The Morgan fingerprint density at radius 1 is 1.12 bits per heavy atom. The van der Waals surface area contributed by atoms with E-state index in [2.05, 4.69) is 0 Å². The predicted octanol–water partition coefficient (Wildman–Crippen LogP) is 2.20. The maximum absolute atomic E-state index is 10.3. The molecule has 2 rings (SSSR count).